The molecular weight excluding hydrogens is 336 g/mol. The molecule has 0 radical (unpaired) electrons. The number of fused-ring (bicyclic) bond motifs is 1. The van der Waals surface area contributed by atoms with Crippen LogP contribution in [-0.2, 0) is 22.4 Å². The van der Waals surface area contributed by atoms with Gasteiger partial charge >= 0.3 is 0 Å². The molecular formula is C19H28N2O3S. The van der Waals surface area contributed by atoms with Gasteiger partial charge in [-0.3, -0.25) is 9.59 Å². The van der Waals surface area contributed by atoms with Gasteiger partial charge in [0.05, 0.1) is 5.56 Å². The molecule has 138 valence electrons. The molecule has 1 saturated carbocycles. The number of carbonyl (C=O) groups excluding carboxylic acids is 2. The minimum atomic E-state index is -0.0581. The smallest absolute Gasteiger partial charge is 0.254 e. The molecule has 2 aliphatic carbocycles. The van der Waals surface area contributed by atoms with E-state index in [9.17, 15) is 9.59 Å². The van der Waals surface area contributed by atoms with Crippen LogP contribution in [0.5, 0.6) is 0 Å². The fraction of sp³-hybridized carbons (Fsp3) is 0.684. The molecule has 5 nitrogen and oxygen atoms in total. The highest BCUT2D eigenvalue weighted by Crippen LogP contribution is 2.39. The van der Waals surface area contributed by atoms with Gasteiger partial charge in [-0.05, 0) is 50.5 Å². The van der Waals surface area contributed by atoms with Gasteiger partial charge in [0.2, 0.25) is 5.91 Å². The maximum Gasteiger partial charge on any atom is 0.254 e. The summed E-state index contributed by atoms with van der Waals surface area (Å²) in [6.07, 6.45) is 9.22. The van der Waals surface area contributed by atoms with Gasteiger partial charge in [0, 0.05) is 31.1 Å². The van der Waals surface area contributed by atoms with Crippen molar-refractivity contribution in [2.75, 3.05) is 25.6 Å². The van der Waals surface area contributed by atoms with E-state index in [0.717, 1.165) is 61.9 Å². The zero-order chi connectivity index (χ0) is 17.6. The summed E-state index contributed by atoms with van der Waals surface area (Å²) in [5.74, 6) is 0.137. The second-order valence-electron chi connectivity index (χ2n) is 6.99. The normalized spacial score (nSPS) is 17.3. The molecule has 0 aliphatic heterocycles. The Balaban J connectivity index is 1.75. The van der Waals surface area contributed by atoms with Crippen molar-refractivity contribution in [3.63, 3.8) is 0 Å². The number of thiophene rings is 1. The Morgan fingerprint density at radius 3 is 2.68 bits per heavy atom. The molecule has 0 unspecified atom stereocenters. The number of anilines is 1. The molecule has 1 fully saturated rings. The maximum absolute atomic E-state index is 12.8. The van der Waals surface area contributed by atoms with Gasteiger partial charge in [-0.1, -0.05) is 12.8 Å². The van der Waals surface area contributed by atoms with Gasteiger partial charge in [0.15, 0.2) is 0 Å². The molecule has 2 amide bonds. The highest BCUT2D eigenvalue weighted by Gasteiger charge is 2.29. The third-order valence-corrected chi connectivity index (χ3v) is 6.38. The molecule has 0 atom stereocenters. The Morgan fingerprint density at radius 1 is 1.16 bits per heavy atom. The summed E-state index contributed by atoms with van der Waals surface area (Å²) in [6.45, 7) is 1.22. The number of aryl methyl sites for hydroxylation is 1. The maximum atomic E-state index is 12.8. The molecule has 0 saturated heterocycles. The van der Waals surface area contributed by atoms with Crippen LogP contribution in [0.2, 0.25) is 0 Å². The molecule has 2 aliphatic rings. The van der Waals surface area contributed by atoms with E-state index in [1.165, 1.54) is 11.3 Å². The first kappa shape index (κ1) is 18.4. The van der Waals surface area contributed by atoms with Crippen LogP contribution in [0.25, 0.3) is 0 Å². The predicted molar refractivity (Wildman–Crippen MR) is 100 cm³/mol. The predicted octanol–water partition coefficient (Wildman–Crippen LogP) is 3.52. The molecule has 0 bridgehead atoms. The van der Waals surface area contributed by atoms with E-state index in [1.54, 1.807) is 18.4 Å². The van der Waals surface area contributed by atoms with Crippen molar-refractivity contribution < 1.29 is 14.3 Å². The number of nitrogens with one attached hydrogen (secondary N) is 2. The van der Waals surface area contributed by atoms with E-state index in [2.05, 4.69) is 10.6 Å². The number of carbonyl (C=O) groups is 2. The summed E-state index contributed by atoms with van der Waals surface area (Å²) < 4.78 is 5.03. The Morgan fingerprint density at radius 2 is 1.92 bits per heavy atom. The van der Waals surface area contributed by atoms with Crippen molar-refractivity contribution in [1.82, 2.24) is 5.32 Å². The van der Waals surface area contributed by atoms with Crippen molar-refractivity contribution in [2.45, 2.75) is 57.8 Å². The summed E-state index contributed by atoms with van der Waals surface area (Å²) in [5.41, 5.74) is 1.87. The number of hydrogen-bond acceptors (Lipinski definition) is 4. The van der Waals surface area contributed by atoms with Gasteiger partial charge < -0.3 is 15.4 Å². The van der Waals surface area contributed by atoms with Crippen LogP contribution in [0.4, 0.5) is 5.00 Å². The van der Waals surface area contributed by atoms with E-state index in [-0.39, 0.29) is 17.7 Å². The third kappa shape index (κ3) is 4.42. The lowest BCUT2D eigenvalue weighted by molar-refractivity contribution is -0.119. The molecule has 25 heavy (non-hydrogen) atoms. The highest BCUT2D eigenvalue weighted by molar-refractivity contribution is 7.17. The summed E-state index contributed by atoms with van der Waals surface area (Å²) >= 11 is 1.60. The molecule has 6 heteroatoms. The van der Waals surface area contributed by atoms with E-state index in [4.69, 9.17) is 4.74 Å². The van der Waals surface area contributed by atoms with E-state index >= 15 is 0 Å². The van der Waals surface area contributed by atoms with Crippen molar-refractivity contribution in [1.29, 1.82) is 0 Å². The van der Waals surface area contributed by atoms with Crippen LogP contribution in [0.1, 0.15) is 65.7 Å². The zero-order valence-electron chi connectivity index (χ0n) is 15.0. The average Bonchev–Trinajstić information content (AvgIpc) is 3.26. The lowest BCUT2D eigenvalue weighted by atomic mass is 9.95. The topological polar surface area (TPSA) is 67.4 Å². The number of rotatable bonds is 7. The number of hydrogen-bond donors (Lipinski definition) is 2. The highest BCUT2D eigenvalue weighted by atomic mass is 32.1. The van der Waals surface area contributed by atoms with Crippen LogP contribution >= 0.6 is 11.3 Å². The quantitative estimate of drug-likeness (QED) is 0.728. The Bertz CT molecular complexity index is 620. The van der Waals surface area contributed by atoms with Crippen molar-refractivity contribution in [2.24, 2.45) is 5.92 Å². The Labute approximate surface area is 153 Å². The first-order valence-corrected chi connectivity index (χ1v) is 10.2. The fourth-order valence-corrected chi connectivity index (χ4v) is 5.09. The van der Waals surface area contributed by atoms with Crippen LogP contribution in [0.15, 0.2) is 0 Å². The Kier molecular flexibility index (Phi) is 6.48. The van der Waals surface area contributed by atoms with Crippen LogP contribution in [0.3, 0.4) is 0 Å². The van der Waals surface area contributed by atoms with Crippen molar-refractivity contribution in [3.8, 4) is 0 Å². The minimum Gasteiger partial charge on any atom is -0.385 e. The van der Waals surface area contributed by atoms with E-state index < -0.39 is 0 Å². The van der Waals surface area contributed by atoms with Crippen LogP contribution in [0, 0.1) is 5.92 Å². The monoisotopic (exact) mass is 364 g/mol. The largest absolute Gasteiger partial charge is 0.385 e. The lowest BCUT2D eigenvalue weighted by Crippen LogP contribution is -2.28. The number of amides is 2. The van der Waals surface area contributed by atoms with Gasteiger partial charge in [0.25, 0.3) is 5.91 Å². The second-order valence-corrected chi connectivity index (χ2v) is 8.09. The summed E-state index contributed by atoms with van der Waals surface area (Å²) in [5, 5.41) is 6.83. The first-order chi connectivity index (χ1) is 12.2. The van der Waals surface area contributed by atoms with E-state index in [1.807, 2.05) is 0 Å². The average molecular weight is 365 g/mol. The van der Waals surface area contributed by atoms with Crippen LogP contribution < -0.4 is 10.6 Å². The number of ether oxygens (including phenoxy) is 1. The molecule has 1 aromatic heterocycles. The minimum absolute atomic E-state index is 0.0581. The standard InChI is InChI=1S/C19H28N2O3S/c1-24-12-6-11-20-18(23)16-14-9-4-5-10-15(14)25-19(16)21-17(22)13-7-2-3-8-13/h13H,2-12H2,1H3,(H,20,23)(H,21,22). The van der Waals surface area contributed by atoms with Gasteiger partial charge in [0.1, 0.15) is 5.00 Å². The number of methoxy groups -OCH3 is 1. The zero-order valence-corrected chi connectivity index (χ0v) is 15.8. The second kappa shape index (κ2) is 8.81. The fourth-order valence-electron chi connectivity index (χ4n) is 3.80. The Hall–Kier alpha value is -1.40. The van der Waals surface area contributed by atoms with Crippen molar-refractivity contribution in [3.05, 3.63) is 16.0 Å². The molecule has 0 spiro atoms. The molecule has 0 aromatic carbocycles. The van der Waals surface area contributed by atoms with Gasteiger partial charge in [-0.15, -0.1) is 11.3 Å². The van der Waals surface area contributed by atoms with Gasteiger partial charge in [-0.25, -0.2) is 0 Å². The summed E-state index contributed by atoms with van der Waals surface area (Å²) in [6, 6.07) is 0. The van der Waals surface area contributed by atoms with Crippen molar-refractivity contribution >= 4 is 28.2 Å². The molecule has 3 rings (SSSR count). The summed E-state index contributed by atoms with van der Waals surface area (Å²) in [4.78, 5) is 26.6. The third-order valence-electron chi connectivity index (χ3n) is 5.17. The summed E-state index contributed by atoms with van der Waals surface area (Å²) in [7, 11) is 1.66. The van der Waals surface area contributed by atoms with Gasteiger partial charge in [-0.2, -0.15) is 0 Å². The lowest BCUT2D eigenvalue weighted by Gasteiger charge is -2.14. The van der Waals surface area contributed by atoms with E-state index in [0.29, 0.717) is 18.7 Å². The molecule has 2 N–H and O–H groups in total. The molecule has 1 aromatic rings. The SMILES string of the molecule is COCCCNC(=O)c1c(NC(=O)C2CCCC2)sc2c1CCCC2. The van der Waals surface area contributed by atoms with Crippen LogP contribution in [-0.4, -0.2) is 32.1 Å². The molecule has 1 heterocycles. The first-order valence-electron chi connectivity index (χ1n) is 9.43.